The van der Waals surface area contributed by atoms with E-state index in [0.29, 0.717) is 16.0 Å². The Labute approximate surface area is 148 Å². The van der Waals surface area contributed by atoms with Gasteiger partial charge in [0.1, 0.15) is 23.3 Å². The molecule has 0 spiro atoms. The third kappa shape index (κ3) is 2.02. The van der Waals surface area contributed by atoms with E-state index in [1.54, 1.807) is 30.3 Å². The molecule has 3 heterocycles. The maximum absolute atomic E-state index is 12.3. The lowest BCUT2D eigenvalue weighted by Gasteiger charge is -2.07. The molecule has 124 valence electrons. The summed E-state index contributed by atoms with van der Waals surface area (Å²) in [6, 6.07) is 10.2. The van der Waals surface area contributed by atoms with Crippen LogP contribution in [0, 0.1) is 22.7 Å². The molecule has 1 aromatic carbocycles. The summed E-state index contributed by atoms with van der Waals surface area (Å²) < 4.78 is 0.994. The van der Waals surface area contributed by atoms with Gasteiger partial charge in [0.05, 0.1) is 5.39 Å². The molecule has 0 saturated carbocycles. The van der Waals surface area contributed by atoms with Gasteiger partial charge < -0.3 is 4.98 Å². The average molecular weight is 364 g/mol. The van der Waals surface area contributed by atoms with Crippen LogP contribution in [0.15, 0.2) is 33.9 Å². The highest BCUT2D eigenvalue weighted by molar-refractivity contribution is 6.34. The van der Waals surface area contributed by atoms with Gasteiger partial charge in [0.15, 0.2) is 5.65 Å². The van der Waals surface area contributed by atoms with E-state index >= 15 is 0 Å². The fourth-order valence-corrected chi connectivity index (χ4v) is 3.01. The van der Waals surface area contributed by atoms with Crippen molar-refractivity contribution in [3.8, 4) is 23.3 Å². The lowest BCUT2D eigenvalue weighted by molar-refractivity contribution is 0.846. The van der Waals surface area contributed by atoms with Crippen LogP contribution < -0.4 is 11.1 Å². The van der Waals surface area contributed by atoms with Crippen molar-refractivity contribution in [1.82, 2.24) is 24.8 Å². The fraction of sp³-hybridized carbons (Fsp3) is 0. The van der Waals surface area contributed by atoms with E-state index in [9.17, 15) is 14.9 Å². The van der Waals surface area contributed by atoms with E-state index in [1.807, 2.05) is 6.07 Å². The SMILES string of the molecule is N#Cc1c(-c2ccccc2Cl)c2c([nH]c1=O)[nH]n1c(=O)c(C#N)nnc21. The number of nitrogens with zero attached hydrogens (tertiary/aromatic N) is 5. The first kappa shape index (κ1) is 15.6. The molecule has 10 heteroatoms. The number of rotatable bonds is 1. The molecule has 26 heavy (non-hydrogen) atoms. The van der Waals surface area contributed by atoms with Crippen LogP contribution >= 0.6 is 11.6 Å². The number of aromatic amines is 2. The summed E-state index contributed by atoms with van der Waals surface area (Å²) in [5, 5.41) is 29.3. The predicted octanol–water partition coefficient (Wildman–Crippen LogP) is 1.32. The number of hydrogen-bond acceptors (Lipinski definition) is 6. The average Bonchev–Trinajstić information content (AvgIpc) is 3.00. The van der Waals surface area contributed by atoms with Crippen LogP contribution in [0.2, 0.25) is 5.02 Å². The molecule has 3 aromatic heterocycles. The number of hydrogen-bond donors (Lipinski definition) is 2. The Bertz CT molecular complexity index is 1420. The van der Waals surface area contributed by atoms with Gasteiger partial charge in [-0.25, -0.2) is 0 Å². The Morgan fingerprint density at radius 3 is 2.58 bits per heavy atom. The summed E-state index contributed by atoms with van der Waals surface area (Å²) in [6.07, 6.45) is 0. The highest BCUT2D eigenvalue weighted by Crippen LogP contribution is 2.35. The first-order chi connectivity index (χ1) is 12.6. The molecule has 4 aromatic rings. The molecule has 0 aliphatic heterocycles. The molecule has 0 unspecified atom stereocenters. The van der Waals surface area contributed by atoms with Crippen LogP contribution in [0.3, 0.4) is 0 Å². The summed E-state index contributed by atoms with van der Waals surface area (Å²) in [6.45, 7) is 0. The number of nitriles is 2. The van der Waals surface area contributed by atoms with E-state index in [4.69, 9.17) is 16.9 Å². The highest BCUT2D eigenvalue weighted by Gasteiger charge is 2.22. The minimum Gasteiger partial charge on any atom is -0.306 e. The zero-order valence-electron chi connectivity index (χ0n) is 12.7. The third-order valence-electron chi connectivity index (χ3n) is 3.89. The first-order valence-corrected chi connectivity index (χ1v) is 7.57. The van der Waals surface area contributed by atoms with E-state index in [0.717, 1.165) is 4.52 Å². The lowest BCUT2D eigenvalue weighted by Crippen LogP contribution is -2.20. The van der Waals surface area contributed by atoms with Crippen molar-refractivity contribution in [2.75, 3.05) is 0 Å². The van der Waals surface area contributed by atoms with Gasteiger partial charge >= 0.3 is 5.56 Å². The topological polar surface area (TPSA) is 143 Å². The van der Waals surface area contributed by atoms with Crippen LogP contribution in [0.1, 0.15) is 11.3 Å². The van der Waals surface area contributed by atoms with E-state index in [-0.39, 0.29) is 22.4 Å². The van der Waals surface area contributed by atoms with Gasteiger partial charge in [-0.1, -0.05) is 29.8 Å². The van der Waals surface area contributed by atoms with Gasteiger partial charge in [0.25, 0.3) is 5.56 Å². The number of fused-ring (bicyclic) bond motifs is 3. The molecule has 9 nitrogen and oxygen atoms in total. The number of aromatic nitrogens is 5. The van der Waals surface area contributed by atoms with Crippen LogP contribution in [-0.2, 0) is 0 Å². The maximum atomic E-state index is 12.3. The van der Waals surface area contributed by atoms with Crippen molar-refractivity contribution in [2.24, 2.45) is 0 Å². The van der Waals surface area contributed by atoms with Gasteiger partial charge in [0, 0.05) is 16.1 Å². The largest absolute Gasteiger partial charge is 0.309 e. The number of pyridine rings is 1. The predicted molar refractivity (Wildman–Crippen MR) is 91.6 cm³/mol. The van der Waals surface area contributed by atoms with E-state index in [1.165, 1.54) is 0 Å². The van der Waals surface area contributed by atoms with Gasteiger partial charge in [-0.05, 0) is 6.07 Å². The minimum absolute atomic E-state index is 0.0617. The standard InChI is InChI=1S/C16H6ClN7O2/c17-9-4-2-1-3-7(9)11-8(5-18)15(25)20-13-12(11)14-22-21-10(6-19)16(26)24(14)23-13/h1-4H,(H2,20,23,25). The Kier molecular flexibility index (Phi) is 3.32. The maximum Gasteiger partial charge on any atom is 0.309 e. The summed E-state index contributed by atoms with van der Waals surface area (Å²) >= 11 is 6.26. The molecule has 4 rings (SSSR count). The number of halogens is 1. The summed E-state index contributed by atoms with van der Waals surface area (Å²) in [7, 11) is 0. The van der Waals surface area contributed by atoms with Crippen LogP contribution in [0.4, 0.5) is 0 Å². The van der Waals surface area contributed by atoms with Crippen molar-refractivity contribution in [3.63, 3.8) is 0 Å². The molecule has 0 atom stereocenters. The van der Waals surface area contributed by atoms with Gasteiger partial charge in [-0.2, -0.15) is 15.0 Å². The molecule has 0 radical (unpaired) electrons. The second kappa shape index (κ2) is 5.55. The monoisotopic (exact) mass is 363 g/mol. The normalized spacial score (nSPS) is 10.7. The number of H-pyrrole nitrogens is 2. The summed E-state index contributed by atoms with van der Waals surface area (Å²) in [5.74, 6) is 0. The van der Waals surface area contributed by atoms with E-state index in [2.05, 4.69) is 20.3 Å². The second-order valence-electron chi connectivity index (χ2n) is 5.28. The van der Waals surface area contributed by atoms with Gasteiger partial charge in [-0.3, -0.25) is 14.7 Å². The van der Waals surface area contributed by atoms with Crippen LogP contribution in [0.5, 0.6) is 0 Å². The molecular formula is C16H6ClN7O2. The first-order valence-electron chi connectivity index (χ1n) is 7.19. The Balaban J connectivity index is 2.32. The van der Waals surface area contributed by atoms with Crippen molar-refractivity contribution >= 4 is 28.3 Å². The third-order valence-corrected chi connectivity index (χ3v) is 4.22. The summed E-state index contributed by atoms with van der Waals surface area (Å²) in [4.78, 5) is 27.2. The molecule has 2 N–H and O–H groups in total. The van der Waals surface area contributed by atoms with Crippen molar-refractivity contribution in [1.29, 1.82) is 10.5 Å². The van der Waals surface area contributed by atoms with Crippen molar-refractivity contribution in [2.45, 2.75) is 0 Å². The van der Waals surface area contributed by atoms with Crippen LogP contribution in [0.25, 0.3) is 27.8 Å². The Morgan fingerprint density at radius 1 is 1.12 bits per heavy atom. The number of nitrogens with one attached hydrogen (secondary N) is 2. The van der Waals surface area contributed by atoms with Crippen molar-refractivity contribution in [3.05, 3.63) is 61.3 Å². The molecule has 0 aliphatic carbocycles. The smallest absolute Gasteiger partial charge is 0.306 e. The lowest BCUT2D eigenvalue weighted by atomic mass is 9.98. The quantitative estimate of drug-likeness (QED) is 0.522. The van der Waals surface area contributed by atoms with Gasteiger partial charge in [0.2, 0.25) is 5.69 Å². The van der Waals surface area contributed by atoms with E-state index < -0.39 is 16.8 Å². The Hall–Kier alpha value is -3.95. The molecule has 0 bridgehead atoms. The molecular weight excluding hydrogens is 358 g/mol. The Morgan fingerprint density at radius 2 is 1.88 bits per heavy atom. The highest BCUT2D eigenvalue weighted by atomic mass is 35.5. The summed E-state index contributed by atoms with van der Waals surface area (Å²) in [5.41, 5.74) is -1.07. The minimum atomic E-state index is -0.724. The molecule has 0 fully saturated rings. The number of benzene rings is 1. The zero-order valence-corrected chi connectivity index (χ0v) is 13.5. The van der Waals surface area contributed by atoms with Crippen molar-refractivity contribution < 1.29 is 0 Å². The molecule has 0 aliphatic rings. The zero-order chi connectivity index (χ0) is 18.4. The van der Waals surface area contributed by atoms with Crippen LogP contribution in [-0.4, -0.2) is 24.8 Å². The molecule has 0 amide bonds. The molecule has 0 saturated heterocycles. The fourth-order valence-electron chi connectivity index (χ4n) is 2.78. The second-order valence-corrected chi connectivity index (χ2v) is 5.69. The van der Waals surface area contributed by atoms with Gasteiger partial charge in [-0.15, -0.1) is 10.2 Å².